The number of phenols is 1. The van der Waals surface area contributed by atoms with E-state index in [1.165, 1.54) is 37.2 Å². The first kappa shape index (κ1) is 21.8. The second-order valence-electron chi connectivity index (χ2n) is 8.44. The fraction of sp³-hybridized carbons (Fsp3) is 0.318. The Balaban J connectivity index is 2.07. The molecule has 0 saturated heterocycles. The van der Waals surface area contributed by atoms with Gasteiger partial charge in [0, 0.05) is 5.92 Å². The number of aliphatic hydroxyl groups excluding tert-OH is 3. The van der Waals surface area contributed by atoms with Crippen molar-refractivity contribution in [2.24, 2.45) is 17.6 Å². The van der Waals surface area contributed by atoms with E-state index in [1.54, 1.807) is 0 Å². The summed E-state index contributed by atoms with van der Waals surface area (Å²) in [4.78, 5) is 39.7. The molecule has 32 heavy (non-hydrogen) atoms. The van der Waals surface area contributed by atoms with Gasteiger partial charge >= 0.3 is 0 Å². The first-order valence-corrected chi connectivity index (χ1v) is 9.71. The Kier molecular flexibility index (Phi) is 4.60. The van der Waals surface area contributed by atoms with Gasteiger partial charge in [-0.05, 0) is 31.3 Å². The van der Waals surface area contributed by atoms with Crippen molar-refractivity contribution in [3.63, 3.8) is 0 Å². The number of likely N-dealkylation sites (N-methyl/N-ethyl adjacent to an activating group) is 1. The van der Waals surface area contributed by atoms with E-state index in [4.69, 9.17) is 5.73 Å². The molecule has 168 valence electrons. The van der Waals surface area contributed by atoms with Crippen LogP contribution in [0.3, 0.4) is 0 Å². The Morgan fingerprint density at radius 3 is 2.38 bits per heavy atom. The summed E-state index contributed by atoms with van der Waals surface area (Å²) in [5.74, 6) is -8.77. The second kappa shape index (κ2) is 6.76. The smallest absolute Gasteiger partial charge is 0.255 e. The molecule has 5 atom stereocenters. The third-order valence-electron chi connectivity index (χ3n) is 6.61. The van der Waals surface area contributed by atoms with Crippen molar-refractivity contribution >= 4 is 23.0 Å². The fourth-order valence-corrected chi connectivity index (χ4v) is 5.22. The van der Waals surface area contributed by atoms with Gasteiger partial charge in [-0.3, -0.25) is 19.3 Å². The van der Waals surface area contributed by atoms with Crippen LogP contribution in [0.25, 0.3) is 5.57 Å². The highest BCUT2D eigenvalue weighted by atomic mass is 16.4. The van der Waals surface area contributed by atoms with Crippen LogP contribution in [0.2, 0.25) is 0 Å². The number of carbonyl (C=O) groups excluding carboxylic acids is 3. The standard InChI is InChI=1S/C22H22N2O8/c1-7-8-5-4-6-9(25)11(8)16(26)12-10(7)17(27)14-15(24(2)3)18(28)13(21(23)31)20(30)22(14,32)19(12)29/h4-6,10,14-15,17,25,27-29,32H,1H2,2-3H3,(H2,23,31)/t10?,14?,15-,17-,22-/m0/s1. The Labute approximate surface area is 182 Å². The molecule has 10 heteroatoms. The number of nitrogens with zero attached hydrogens (tertiary/aromatic N) is 1. The molecule has 0 aliphatic heterocycles. The van der Waals surface area contributed by atoms with Gasteiger partial charge in [0.05, 0.1) is 29.2 Å². The molecular formula is C22H22N2O8. The first-order chi connectivity index (χ1) is 14.9. The Hall–Kier alpha value is -3.47. The number of amides is 1. The van der Waals surface area contributed by atoms with Crippen LogP contribution in [0.15, 0.2) is 47.4 Å². The summed E-state index contributed by atoms with van der Waals surface area (Å²) in [5.41, 5.74) is 1.06. The second-order valence-corrected chi connectivity index (χ2v) is 8.44. The minimum Gasteiger partial charge on any atom is -0.510 e. The highest BCUT2D eigenvalue weighted by molar-refractivity contribution is 6.25. The molecular weight excluding hydrogens is 420 g/mol. The zero-order valence-electron chi connectivity index (χ0n) is 17.2. The van der Waals surface area contributed by atoms with Crippen LogP contribution < -0.4 is 5.73 Å². The van der Waals surface area contributed by atoms with Gasteiger partial charge in [0.25, 0.3) is 5.91 Å². The summed E-state index contributed by atoms with van der Waals surface area (Å²) in [7, 11) is 2.93. The van der Waals surface area contributed by atoms with Crippen molar-refractivity contribution in [3.05, 3.63) is 58.6 Å². The molecule has 3 aliphatic carbocycles. The van der Waals surface area contributed by atoms with E-state index in [-0.39, 0.29) is 16.7 Å². The summed E-state index contributed by atoms with van der Waals surface area (Å²) in [6.45, 7) is 3.91. The summed E-state index contributed by atoms with van der Waals surface area (Å²) in [5, 5.41) is 54.8. The normalized spacial score (nSPS) is 32.1. The van der Waals surface area contributed by atoms with Gasteiger partial charge in [-0.15, -0.1) is 0 Å². The zero-order valence-corrected chi connectivity index (χ0v) is 17.2. The largest absolute Gasteiger partial charge is 0.510 e. The number of phenolic OH excluding ortho intramolecular Hbond substituents is 1. The lowest BCUT2D eigenvalue weighted by Crippen LogP contribution is -2.68. The van der Waals surface area contributed by atoms with Gasteiger partial charge < -0.3 is 31.3 Å². The number of aliphatic hydroxyl groups is 4. The van der Waals surface area contributed by atoms with Crippen LogP contribution in [0, 0.1) is 11.8 Å². The van der Waals surface area contributed by atoms with Crippen LogP contribution >= 0.6 is 0 Å². The third kappa shape index (κ3) is 2.42. The number of ketones is 2. The van der Waals surface area contributed by atoms with Gasteiger partial charge in [-0.1, -0.05) is 18.7 Å². The number of hydrogen-bond acceptors (Lipinski definition) is 9. The van der Waals surface area contributed by atoms with Crippen molar-refractivity contribution in [2.75, 3.05) is 14.1 Å². The minimum absolute atomic E-state index is 0.167. The van der Waals surface area contributed by atoms with E-state index in [9.17, 15) is 39.9 Å². The molecule has 0 saturated carbocycles. The maximum atomic E-state index is 13.3. The molecule has 0 heterocycles. The molecule has 10 nitrogen and oxygen atoms in total. The van der Waals surface area contributed by atoms with E-state index < -0.39 is 75.5 Å². The molecule has 0 fully saturated rings. The number of fused-ring (bicyclic) bond motifs is 3. The topological polar surface area (TPSA) is 182 Å². The average molecular weight is 442 g/mol. The monoisotopic (exact) mass is 442 g/mol. The lowest BCUT2D eigenvalue weighted by Gasteiger charge is -2.52. The highest BCUT2D eigenvalue weighted by Crippen LogP contribution is 2.54. The number of rotatable bonds is 2. The Morgan fingerprint density at radius 2 is 1.81 bits per heavy atom. The lowest BCUT2D eigenvalue weighted by molar-refractivity contribution is -0.159. The van der Waals surface area contributed by atoms with Crippen LogP contribution in [-0.2, 0) is 9.59 Å². The summed E-state index contributed by atoms with van der Waals surface area (Å²) < 4.78 is 0. The number of benzene rings is 1. The van der Waals surface area contributed by atoms with Crippen molar-refractivity contribution in [1.29, 1.82) is 0 Å². The van der Waals surface area contributed by atoms with Crippen LogP contribution in [0.4, 0.5) is 0 Å². The van der Waals surface area contributed by atoms with Crippen molar-refractivity contribution in [1.82, 2.24) is 4.90 Å². The maximum absolute atomic E-state index is 13.3. The maximum Gasteiger partial charge on any atom is 0.255 e. The van der Waals surface area contributed by atoms with Crippen molar-refractivity contribution in [3.8, 4) is 5.75 Å². The molecule has 1 aromatic carbocycles. The fourth-order valence-electron chi connectivity index (χ4n) is 5.22. The SMILES string of the molecule is C=C1c2cccc(O)c2C(=O)C2=C(O)[C@]3(O)C(=O)C(C(N)=O)=C(O)[C@@H](N(C)C)C3[C@@H](O)C12. The first-order valence-electron chi connectivity index (χ1n) is 9.71. The Bertz CT molecular complexity index is 1180. The molecule has 1 aromatic rings. The number of nitrogens with two attached hydrogens (primary N) is 1. The predicted octanol–water partition coefficient (Wildman–Crippen LogP) is -0.438. The van der Waals surface area contributed by atoms with Crippen LogP contribution in [0.1, 0.15) is 15.9 Å². The number of Topliss-reactive ketones (excluding diaryl/α,β-unsaturated/α-hetero) is 2. The molecule has 0 bridgehead atoms. The molecule has 7 N–H and O–H groups in total. The quantitative estimate of drug-likeness (QED) is 0.331. The number of aromatic hydroxyl groups is 1. The van der Waals surface area contributed by atoms with Gasteiger partial charge in [0.1, 0.15) is 22.8 Å². The predicted molar refractivity (Wildman–Crippen MR) is 110 cm³/mol. The number of carbonyl (C=O) groups is 3. The highest BCUT2D eigenvalue weighted by Gasteiger charge is 2.67. The molecule has 0 spiro atoms. The van der Waals surface area contributed by atoms with Crippen molar-refractivity contribution in [2.45, 2.75) is 17.7 Å². The van der Waals surface area contributed by atoms with Crippen LogP contribution in [-0.4, -0.2) is 79.7 Å². The lowest BCUT2D eigenvalue weighted by atomic mass is 9.56. The third-order valence-corrected chi connectivity index (χ3v) is 6.61. The van der Waals surface area contributed by atoms with Gasteiger partial charge in [0.15, 0.2) is 11.4 Å². The molecule has 3 aliphatic rings. The van der Waals surface area contributed by atoms with Crippen LogP contribution in [0.5, 0.6) is 5.75 Å². The van der Waals surface area contributed by atoms with Gasteiger partial charge in [-0.2, -0.15) is 0 Å². The summed E-state index contributed by atoms with van der Waals surface area (Å²) in [6, 6.07) is 2.92. The molecule has 2 unspecified atom stereocenters. The molecule has 4 rings (SSSR count). The molecule has 1 amide bonds. The van der Waals surface area contributed by atoms with Gasteiger partial charge in [-0.25, -0.2) is 0 Å². The summed E-state index contributed by atoms with van der Waals surface area (Å²) in [6.07, 6.45) is -1.69. The van der Waals surface area contributed by atoms with E-state index in [0.717, 1.165) is 0 Å². The average Bonchev–Trinajstić information content (AvgIpc) is 2.70. The Morgan fingerprint density at radius 1 is 1.19 bits per heavy atom. The van der Waals surface area contributed by atoms with Crippen molar-refractivity contribution < 1.29 is 39.9 Å². The van der Waals surface area contributed by atoms with E-state index in [1.807, 2.05) is 0 Å². The molecule has 0 radical (unpaired) electrons. The number of primary amides is 1. The zero-order chi connectivity index (χ0) is 23.9. The summed E-state index contributed by atoms with van der Waals surface area (Å²) >= 11 is 0. The van der Waals surface area contributed by atoms with Gasteiger partial charge in [0.2, 0.25) is 5.78 Å². The van der Waals surface area contributed by atoms with E-state index >= 15 is 0 Å². The minimum atomic E-state index is -2.94. The number of hydrogen-bond donors (Lipinski definition) is 6. The molecule has 0 aromatic heterocycles. The van der Waals surface area contributed by atoms with E-state index in [2.05, 4.69) is 6.58 Å². The van der Waals surface area contributed by atoms with E-state index in [0.29, 0.717) is 0 Å².